The number of aromatic nitrogens is 2. The Bertz CT molecular complexity index is 1120. The molecule has 4 rings (SSSR count). The largest absolute Gasteiger partial charge is 0.378 e. The van der Waals surface area contributed by atoms with Crippen LogP contribution in [0.2, 0.25) is 0 Å². The number of carbonyl (C=O) groups excluding carboxylic acids is 1. The van der Waals surface area contributed by atoms with E-state index >= 15 is 0 Å². The maximum absolute atomic E-state index is 13.8. The first-order valence-corrected chi connectivity index (χ1v) is 9.86. The molecular weight excluding hydrogens is 397 g/mol. The summed E-state index contributed by atoms with van der Waals surface area (Å²) in [5, 5.41) is 11.8. The number of hydrogen-bond donors (Lipinski definition) is 1. The number of hydrogen-bond acceptors (Lipinski definition) is 6. The lowest BCUT2D eigenvalue weighted by Gasteiger charge is -2.29. The Kier molecular flexibility index (Phi) is 6.15. The van der Waals surface area contributed by atoms with Crippen LogP contribution in [0.5, 0.6) is 0 Å². The van der Waals surface area contributed by atoms with Crippen LogP contribution >= 0.6 is 0 Å². The van der Waals surface area contributed by atoms with Gasteiger partial charge >= 0.3 is 0 Å². The Hall–Kier alpha value is -3.83. The van der Waals surface area contributed by atoms with Crippen molar-refractivity contribution in [3.63, 3.8) is 0 Å². The van der Waals surface area contributed by atoms with E-state index in [1.807, 2.05) is 4.90 Å². The van der Waals surface area contributed by atoms with Crippen LogP contribution in [0.25, 0.3) is 11.3 Å². The van der Waals surface area contributed by atoms with Gasteiger partial charge in [0.2, 0.25) is 0 Å². The first kappa shape index (κ1) is 20.4. The molecule has 7 nitrogen and oxygen atoms in total. The molecule has 0 atom stereocenters. The average molecular weight is 417 g/mol. The molecule has 2 aromatic heterocycles. The molecule has 1 saturated heterocycles. The van der Waals surface area contributed by atoms with Gasteiger partial charge in [-0.25, -0.2) is 9.37 Å². The van der Waals surface area contributed by atoms with Gasteiger partial charge in [0.05, 0.1) is 36.7 Å². The quantitative estimate of drug-likeness (QED) is 0.686. The van der Waals surface area contributed by atoms with Crippen molar-refractivity contribution >= 4 is 11.7 Å². The number of morpholine rings is 1. The van der Waals surface area contributed by atoms with Gasteiger partial charge in [-0.05, 0) is 30.3 Å². The first-order valence-electron chi connectivity index (χ1n) is 9.86. The molecule has 1 aliphatic heterocycles. The lowest BCUT2D eigenvalue weighted by atomic mass is 10.1. The minimum atomic E-state index is -0.451. The summed E-state index contributed by atoms with van der Waals surface area (Å²) < 4.78 is 19.2. The van der Waals surface area contributed by atoms with Gasteiger partial charge in [0.25, 0.3) is 5.91 Å². The van der Waals surface area contributed by atoms with E-state index in [1.54, 1.807) is 42.6 Å². The molecule has 1 amide bonds. The zero-order valence-electron chi connectivity index (χ0n) is 16.7. The predicted molar refractivity (Wildman–Crippen MR) is 113 cm³/mol. The molecule has 3 aromatic rings. The summed E-state index contributed by atoms with van der Waals surface area (Å²) in [6, 6.07) is 13.8. The van der Waals surface area contributed by atoms with E-state index in [0.29, 0.717) is 54.5 Å². The van der Waals surface area contributed by atoms with Crippen LogP contribution in [-0.2, 0) is 11.3 Å². The van der Waals surface area contributed by atoms with Gasteiger partial charge < -0.3 is 15.0 Å². The molecule has 31 heavy (non-hydrogen) atoms. The number of nitrogens with zero attached hydrogens (tertiary/aromatic N) is 4. The molecule has 0 spiro atoms. The van der Waals surface area contributed by atoms with Crippen LogP contribution in [0, 0.1) is 17.1 Å². The Labute approximate surface area is 179 Å². The summed E-state index contributed by atoms with van der Waals surface area (Å²) in [5.74, 6) is -0.0965. The Morgan fingerprint density at radius 1 is 1.16 bits per heavy atom. The zero-order valence-corrected chi connectivity index (χ0v) is 16.7. The fourth-order valence-electron chi connectivity index (χ4n) is 3.39. The number of amides is 1. The lowest BCUT2D eigenvalue weighted by Crippen LogP contribution is -2.38. The molecule has 156 valence electrons. The molecule has 0 radical (unpaired) electrons. The van der Waals surface area contributed by atoms with Crippen molar-refractivity contribution in [3.05, 3.63) is 77.4 Å². The third-order valence-electron chi connectivity index (χ3n) is 4.99. The van der Waals surface area contributed by atoms with Gasteiger partial charge in [0.1, 0.15) is 11.6 Å². The van der Waals surface area contributed by atoms with Gasteiger partial charge in [-0.2, -0.15) is 5.26 Å². The SMILES string of the molecule is N#Cc1ccc(-c2cc(C(=O)NCc3cc(F)cnc3N3CCOCC3)ccn2)cc1. The van der Waals surface area contributed by atoms with Crippen molar-refractivity contribution in [2.75, 3.05) is 31.2 Å². The molecule has 1 aromatic carbocycles. The van der Waals surface area contributed by atoms with Gasteiger partial charge in [0.15, 0.2) is 0 Å². The highest BCUT2D eigenvalue weighted by molar-refractivity contribution is 5.95. The number of anilines is 1. The molecular formula is C23H20FN5O2. The molecule has 0 bridgehead atoms. The number of nitrogens with one attached hydrogen (secondary N) is 1. The van der Waals surface area contributed by atoms with Crippen LogP contribution < -0.4 is 10.2 Å². The predicted octanol–water partition coefficient (Wildman–Crippen LogP) is 2.92. The maximum Gasteiger partial charge on any atom is 0.251 e. The van der Waals surface area contributed by atoms with E-state index in [1.165, 1.54) is 12.3 Å². The highest BCUT2D eigenvalue weighted by Crippen LogP contribution is 2.21. The topological polar surface area (TPSA) is 91.1 Å². The molecule has 0 aliphatic carbocycles. The van der Waals surface area contributed by atoms with E-state index < -0.39 is 5.82 Å². The Morgan fingerprint density at radius 2 is 1.94 bits per heavy atom. The summed E-state index contributed by atoms with van der Waals surface area (Å²) in [7, 11) is 0. The van der Waals surface area contributed by atoms with Crippen LogP contribution in [-0.4, -0.2) is 42.2 Å². The lowest BCUT2D eigenvalue weighted by molar-refractivity contribution is 0.0950. The summed E-state index contributed by atoms with van der Waals surface area (Å²) in [5.41, 5.74) is 3.02. The number of rotatable bonds is 5. The molecule has 1 fully saturated rings. The van der Waals surface area contributed by atoms with E-state index in [-0.39, 0.29) is 12.5 Å². The van der Waals surface area contributed by atoms with Gasteiger partial charge in [-0.3, -0.25) is 9.78 Å². The molecule has 0 unspecified atom stereocenters. The second kappa shape index (κ2) is 9.32. The summed E-state index contributed by atoms with van der Waals surface area (Å²) >= 11 is 0. The monoisotopic (exact) mass is 417 g/mol. The zero-order chi connectivity index (χ0) is 21.6. The van der Waals surface area contributed by atoms with Crippen LogP contribution in [0.15, 0.2) is 54.9 Å². The van der Waals surface area contributed by atoms with E-state index in [0.717, 1.165) is 5.56 Å². The summed E-state index contributed by atoms with van der Waals surface area (Å²) in [6.07, 6.45) is 2.74. The van der Waals surface area contributed by atoms with Gasteiger partial charge in [-0.1, -0.05) is 12.1 Å². The fraction of sp³-hybridized carbons (Fsp3) is 0.217. The van der Waals surface area contributed by atoms with Crippen LogP contribution in [0.4, 0.5) is 10.2 Å². The van der Waals surface area contributed by atoms with E-state index in [2.05, 4.69) is 21.4 Å². The number of halogens is 1. The minimum absolute atomic E-state index is 0.144. The number of carbonyl (C=O) groups is 1. The number of pyridine rings is 2. The highest BCUT2D eigenvalue weighted by Gasteiger charge is 2.18. The Balaban J connectivity index is 1.49. The molecule has 0 saturated carbocycles. The van der Waals surface area contributed by atoms with Crippen molar-refractivity contribution in [1.29, 1.82) is 5.26 Å². The summed E-state index contributed by atoms with van der Waals surface area (Å²) in [4.78, 5) is 23.3. The van der Waals surface area contributed by atoms with Crippen molar-refractivity contribution < 1.29 is 13.9 Å². The van der Waals surface area contributed by atoms with Crippen molar-refractivity contribution in [1.82, 2.24) is 15.3 Å². The third-order valence-corrected chi connectivity index (χ3v) is 4.99. The van der Waals surface area contributed by atoms with Crippen LogP contribution in [0.1, 0.15) is 21.5 Å². The van der Waals surface area contributed by atoms with Crippen LogP contribution in [0.3, 0.4) is 0 Å². The molecule has 1 N–H and O–H groups in total. The molecule has 1 aliphatic rings. The van der Waals surface area contributed by atoms with E-state index in [9.17, 15) is 9.18 Å². The first-order chi connectivity index (χ1) is 15.1. The second-order valence-corrected chi connectivity index (χ2v) is 7.04. The van der Waals surface area contributed by atoms with Gasteiger partial charge in [0, 0.05) is 42.5 Å². The maximum atomic E-state index is 13.8. The highest BCUT2D eigenvalue weighted by atomic mass is 19.1. The minimum Gasteiger partial charge on any atom is -0.378 e. The van der Waals surface area contributed by atoms with Gasteiger partial charge in [-0.15, -0.1) is 0 Å². The average Bonchev–Trinajstić information content (AvgIpc) is 2.83. The fourth-order valence-corrected chi connectivity index (χ4v) is 3.39. The third kappa shape index (κ3) is 4.85. The number of ether oxygens (including phenoxy) is 1. The number of nitriles is 1. The van der Waals surface area contributed by atoms with Crippen molar-refractivity contribution in [2.24, 2.45) is 0 Å². The smallest absolute Gasteiger partial charge is 0.251 e. The molecule has 3 heterocycles. The number of benzene rings is 1. The Morgan fingerprint density at radius 3 is 2.68 bits per heavy atom. The summed E-state index contributed by atoms with van der Waals surface area (Å²) in [6.45, 7) is 2.64. The van der Waals surface area contributed by atoms with Crippen molar-refractivity contribution in [3.8, 4) is 17.3 Å². The molecule has 8 heteroatoms. The normalized spacial score (nSPS) is 13.5. The van der Waals surface area contributed by atoms with Crippen molar-refractivity contribution in [2.45, 2.75) is 6.54 Å². The second-order valence-electron chi connectivity index (χ2n) is 7.04. The van der Waals surface area contributed by atoms with E-state index in [4.69, 9.17) is 10.00 Å². The standard InChI is InChI=1S/C23H20FN5O2/c24-20-11-19(22(27-15-20)29-7-9-31-10-8-29)14-28-23(30)18-5-6-26-21(12-18)17-3-1-16(13-25)2-4-17/h1-6,11-12,15H,7-10,14H2,(H,28,30).